The van der Waals surface area contributed by atoms with Crippen molar-refractivity contribution in [2.45, 2.75) is 18.8 Å². The van der Waals surface area contributed by atoms with Gasteiger partial charge in [-0.2, -0.15) is 0 Å². The van der Waals surface area contributed by atoms with Gasteiger partial charge in [-0.05, 0) is 48.7 Å². The van der Waals surface area contributed by atoms with Crippen LogP contribution < -0.4 is 14.5 Å². The highest BCUT2D eigenvalue weighted by Gasteiger charge is 2.36. The molecule has 2 fully saturated rings. The second-order valence-corrected chi connectivity index (χ2v) is 8.60. The molecule has 3 heterocycles. The smallest absolute Gasteiger partial charge is 0.274 e. The average Bonchev–Trinajstić information content (AvgIpc) is 3.45. The largest absolute Gasteiger partial charge is 0.495 e. The predicted molar refractivity (Wildman–Crippen MR) is 121 cm³/mol. The molecule has 156 valence electrons. The third-order valence-corrected chi connectivity index (χ3v) is 6.65. The Hall–Kier alpha value is -2.66. The van der Waals surface area contributed by atoms with E-state index in [2.05, 4.69) is 28.0 Å². The summed E-state index contributed by atoms with van der Waals surface area (Å²) in [5.41, 5.74) is 4.00. The maximum absolute atomic E-state index is 13.3. The van der Waals surface area contributed by atoms with E-state index in [0.29, 0.717) is 6.54 Å². The fraction of sp³-hybridized carbons (Fsp3) is 0.375. The molecule has 30 heavy (non-hydrogen) atoms. The third kappa shape index (κ3) is 3.41. The SMILES string of the molecule is COc1cc(N2CCN3CC(c4ccc(Cl)cc4)C=C3C2=O)ccc1N1CCCC1. The molecule has 6 heteroatoms. The molecule has 3 aliphatic heterocycles. The lowest BCUT2D eigenvalue weighted by atomic mass is 10.0. The Bertz CT molecular complexity index is 982. The van der Waals surface area contributed by atoms with Gasteiger partial charge in [0, 0.05) is 55.4 Å². The number of rotatable bonds is 4. The van der Waals surface area contributed by atoms with Gasteiger partial charge >= 0.3 is 0 Å². The van der Waals surface area contributed by atoms with Crippen molar-refractivity contribution >= 4 is 28.9 Å². The molecule has 5 nitrogen and oxygen atoms in total. The van der Waals surface area contributed by atoms with Gasteiger partial charge in [0.2, 0.25) is 0 Å². The zero-order valence-electron chi connectivity index (χ0n) is 17.2. The molecule has 1 unspecified atom stereocenters. The number of fused-ring (bicyclic) bond motifs is 1. The van der Waals surface area contributed by atoms with Crippen molar-refractivity contribution in [2.24, 2.45) is 0 Å². The van der Waals surface area contributed by atoms with Crippen LogP contribution in [0, 0.1) is 0 Å². The first-order valence-corrected chi connectivity index (χ1v) is 11.0. The van der Waals surface area contributed by atoms with Crippen molar-refractivity contribution in [3.8, 4) is 5.75 Å². The predicted octanol–water partition coefficient (Wildman–Crippen LogP) is 4.28. The lowest BCUT2D eigenvalue weighted by Crippen LogP contribution is -2.47. The number of anilines is 2. The molecule has 1 atom stereocenters. The lowest BCUT2D eigenvalue weighted by Gasteiger charge is -2.35. The van der Waals surface area contributed by atoms with E-state index in [1.807, 2.05) is 35.2 Å². The number of hydrogen-bond donors (Lipinski definition) is 0. The van der Waals surface area contributed by atoms with Gasteiger partial charge < -0.3 is 19.4 Å². The Morgan fingerprint density at radius 2 is 1.73 bits per heavy atom. The van der Waals surface area contributed by atoms with Gasteiger partial charge in [-0.25, -0.2) is 0 Å². The van der Waals surface area contributed by atoms with Crippen molar-refractivity contribution in [3.05, 3.63) is 64.8 Å². The second kappa shape index (κ2) is 7.88. The van der Waals surface area contributed by atoms with E-state index in [0.717, 1.165) is 54.0 Å². The van der Waals surface area contributed by atoms with Crippen molar-refractivity contribution in [1.29, 1.82) is 0 Å². The lowest BCUT2D eigenvalue weighted by molar-refractivity contribution is -0.117. The molecule has 0 bridgehead atoms. The molecule has 5 rings (SSSR count). The summed E-state index contributed by atoms with van der Waals surface area (Å²) < 4.78 is 5.68. The number of amides is 1. The van der Waals surface area contributed by atoms with Crippen LogP contribution in [0.3, 0.4) is 0 Å². The molecule has 0 N–H and O–H groups in total. The summed E-state index contributed by atoms with van der Waals surface area (Å²) in [7, 11) is 1.70. The van der Waals surface area contributed by atoms with E-state index in [1.165, 1.54) is 18.4 Å². The minimum absolute atomic E-state index is 0.0636. The van der Waals surface area contributed by atoms with Crippen molar-refractivity contribution in [1.82, 2.24) is 4.90 Å². The highest BCUT2D eigenvalue weighted by Crippen LogP contribution is 2.37. The molecule has 3 aliphatic rings. The van der Waals surface area contributed by atoms with Crippen molar-refractivity contribution < 1.29 is 9.53 Å². The summed E-state index contributed by atoms with van der Waals surface area (Å²) in [5.74, 6) is 1.12. The number of ether oxygens (including phenoxy) is 1. The van der Waals surface area contributed by atoms with Crippen LogP contribution in [0.15, 0.2) is 54.2 Å². The number of nitrogens with zero attached hydrogens (tertiary/aromatic N) is 3. The van der Waals surface area contributed by atoms with Gasteiger partial charge in [0.1, 0.15) is 5.75 Å². The van der Waals surface area contributed by atoms with Crippen LogP contribution >= 0.6 is 11.6 Å². The van der Waals surface area contributed by atoms with Crippen LogP contribution in [0.1, 0.15) is 24.3 Å². The minimum Gasteiger partial charge on any atom is -0.495 e. The molecule has 2 aromatic carbocycles. The molecule has 2 saturated heterocycles. The summed E-state index contributed by atoms with van der Waals surface area (Å²) in [4.78, 5) is 19.8. The summed E-state index contributed by atoms with van der Waals surface area (Å²) in [6, 6.07) is 14.1. The van der Waals surface area contributed by atoms with E-state index in [4.69, 9.17) is 16.3 Å². The number of halogens is 1. The minimum atomic E-state index is 0.0636. The van der Waals surface area contributed by atoms with Gasteiger partial charge in [-0.1, -0.05) is 23.7 Å². The van der Waals surface area contributed by atoms with Gasteiger partial charge in [0.15, 0.2) is 0 Å². The van der Waals surface area contributed by atoms with Crippen LogP contribution in [0.25, 0.3) is 0 Å². The zero-order valence-corrected chi connectivity index (χ0v) is 17.9. The topological polar surface area (TPSA) is 36.0 Å². The number of methoxy groups -OCH3 is 1. The summed E-state index contributed by atoms with van der Waals surface area (Å²) >= 11 is 6.03. The number of piperazine rings is 1. The molecule has 0 aromatic heterocycles. The first kappa shape index (κ1) is 19.3. The highest BCUT2D eigenvalue weighted by molar-refractivity contribution is 6.30. The van der Waals surface area contributed by atoms with Crippen LogP contribution in [-0.2, 0) is 4.79 Å². The molecule has 0 aliphatic carbocycles. The van der Waals surface area contributed by atoms with Crippen LogP contribution in [-0.4, -0.2) is 50.6 Å². The van der Waals surface area contributed by atoms with Crippen LogP contribution in [0.2, 0.25) is 5.02 Å². The standard InChI is InChI=1S/C24H26ClN3O2/c1-30-23-15-20(8-9-21(23)26-10-2-3-11-26)28-13-12-27-16-18(14-22(27)24(28)29)17-4-6-19(25)7-5-17/h4-9,14-15,18H,2-3,10-13,16H2,1H3. The van der Waals surface area contributed by atoms with E-state index in [9.17, 15) is 4.79 Å². The summed E-state index contributed by atoms with van der Waals surface area (Å²) in [6.45, 7) is 4.47. The summed E-state index contributed by atoms with van der Waals surface area (Å²) in [6.07, 6.45) is 4.54. The third-order valence-electron chi connectivity index (χ3n) is 6.39. The first-order valence-electron chi connectivity index (χ1n) is 10.6. The Morgan fingerprint density at radius 3 is 2.47 bits per heavy atom. The van der Waals surface area contributed by atoms with Gasteiger partial charge in [-0.3, -0.25) is 4.79 Å². The second-order valence-electron chi connectivity index (χ2n) is 8.16. The van der Waals surface area contributed by atoms with Crippen LogP contribution in [0.5, 0.6) is 5.75 Å². The highest BCUT2D eigenvalue weighted by atomic mass is 35.5. The van der Waals surface area contributed by atoms with Crippen LogP contribution in [0.4, 0.5) is 11.4 Å². The Kier molecular flexibility index (Phi) is 5.07. The fourth-order valence-corrected chi connectivity index (χ4v) is 4.90. The Morgan fingerprint density at radius 1 is 0.967 bits per heavy atom. The maximum Gasteiger partial charge on any atom is 0.274 e. The molecule has 1 amide bonds. The van der Waals surface area contributed by atoms with Crippen molar-refractivity contribution in [2.75, 3.05) is 49.6 Å². The van der Waals surface area contributed by atoms with E-state index >= 15 is 0 Å². The van der Waals surface area contributed by atoms with E-state index in [-0.39, 0.29) is 11.8 Å². The average molecular weight is 424 g/mol. The maximum atomic E-state index is 13.3. The number of hydrogen-bond acceptors (Lipinski definition) is 4. The monoisotopic (exact) mass is 423 g/mol. The Labute approximate surface area is 182 Å². The fourth-order valence-electron chi connectivity index (χ4n) is 4.77. The van der Waals surface area contributed by atoms with Gasteiger partial charge in [0.05, 0.1) is 18.5 Å². The van der Waals surface area contributed by atoms with Crippen molar-refractivity contribution in [3.63, 3.8) is 0 Å². The number of carbonyl (C=O) groups is 1. The summed E-state index contributed by atoms with van der Waals surface area (Å²) in [5, 5.41) is 0.732. The van der Waals surface area contributed by atoms with E-state index < -0.39 is 0 Å². The first-order chi connectivity index (χ1) is 14.6. The molecule has 0 saturated carbocycles. The van der Waals surface area contributed by atoms with E-state index in [1.54, 1.807) is 7.11 Å². The molecular formula is C24H26ClN3O2. The van der Waals surface area contributed by atoms with Gasteiger partial charge in [-0.15, -0.1) is 0 Å². The normalized spacial score (nSPS) is 21.1. The molecular weight excluding hydrogens is 398 g/mol. The Balaban J connectivity index is 1.39. The zero-order chi connectivity index (χ0) is 20.7. The molecule has 2 aromatic rings. The number of benzene rings is 2. The quantitative estimate of drug-likeness (QED) is 0.735. The molecule has 0 spiro atoms. The number of carbonyl (C=O) groups excluding carboxylic acids is 1. The molecule has 0 radical (unpaired) electrons. The van der Waals surface area contributed by atoms with Gasteiger partial charge in [0.25, 0.3) is 5.91 Å².